The van der Waals surface area contributed by atoms with Crippen LogP contribution in [0.25, 0.3) is 56.2 Å². The molecule has 4 bridgehead atoms. The Kier molecular flexibility index (Phi) is 10.2. The minimum absolute atomic E-state index is 0.0442. The van der Waals surface area contributed by atoms with Crippen LogP contribution in [0.5, 0.6) is 0 Å². The average Bonchev–Trinajstić information content (AvgIpc) is 4.13. The highest BCUT2D eigenvalue weighted by atomic mass is 35.5. The van der Waals surface area contributed by atoms with E-state index in [1.54, 1.807) is 24.3 Å². The van der Waals surface area contributed by atoms with Crippen LogP contribution >= 0.6 is 58.2 Å². The minimum Gasteiger partial charge on any atom is -0.351 e. The highest BCUT2D eigenvalue weighted by Crippen LogP contribution is 2.49. The molecule has 4 aromatic carbocycles. The lowest BCUT2D eigenvalue weighted by Crippen LogP contribution is -2.45. The number of rotatable bonds is 8. The molecule has 300 valence electrons. The van der Waals surface area contributed by atoms with Crippen molar-refractivity contribution in [3.63, 3.8) is 0 Å². The third-order valence-electron chi connectivity index (χ3n) is 12.5. The smallest absolute Gasteiger partial charge is 0.246 e. The topological polar surface area (TPSA) is 74.5 Å². The maximum absolute atomic E-state index is 13.5. The van der Waals surface area contributed by atoms with Gasteiger partial charge < -0.3 is 29.6 Å². The van der Waals surface area contributed by atoms with E-state index < -0.39 is 0 Å². The summed E-state index contributed by atoms with van der Waals surface area (Å²) >= 11 is 30.2. The van der Waals surface area contributed by atoms with Gasteiger partial charge in [0.05, 0.1) is 20.1 Å². The number of halogens is 4. The average molecular weight is 883 g/mol. The third kappa shape index (κ3) is 6.98. The van der Waals surface area contributed by atoms with Crippen molar-refractivity contribution in [3.8, 4) is 22.3 Å². The molecule has 4 fully saturated rings. The normalized spacial score (nSPS) is 21.2. The highest BCUT2D eigenvalue weighted by Gasteiger charge is 2.40. The van der Waals surface area contributed by atoms with E-state index in [1.807, 2.05) is 48.4 Å². The molecule has 4 saturated heterocycles. The van der Waals surface area contributed by atoms with Crippen molar-refractivity contribution in [2.75, 3.05) is 26.2 Å². The number of aryl methyl sites for hydroxylation is 2. The van der Waals surface area contributed by atoms with E-state index in [1.165, 1.54) is 11.8 Å². The van der Waals surface area contributed by atoms with Gasteiger partial charge in [-0.1, -0.05) is 70.3 Å². The van der Waals surface area contributed by atoms with Crippen molar-refractivity contribution >= 4 is 104 Å². The number of aromatic nitrogens is 2. The molecule has 4 aliphatic heterocycles. The Morgan fingerprint density at radius 3 is 1.46 bits per heavy atom. The predicted molar refractivity (Wildman–Crippen MR) is 243 cm³/mol. The number of likely N-dealkylation sites (tertiary alicyclic amines) is 2. The Morgan fingerprint density at radius 2 is 1.07 bits per heavy atom. The highest BCUT2D eigenvalue weighted by molar-refractivity contribution is 7.99. The van der Waals surface area contributed by atoms with Crippen LogP contribution in [0.2, 0.25) is 20.1 Å². The second-order valence-corrected chi connectivity index (χ2v) is 18.7. The summed E-state index contributed by atoms with van der Waals surface area (Å²) in [6.07, 6.45) is 12.8. The Balaban J connectivity index is 1.06. The maximum Gasteiger partial charge on any atom is 0.246 e. The lowest BCUT2D eigenvalue weighted by atomic mass is 9.97. The van der Waals surface area contributed by atoms with Crippen LogP contribution in [0.15, 0.2) is 95.0 Å². The first kappa shape index (κ1) is 39.0. The zero-order valence-corrected chi connectivity index (χ0v) is 36.2. The minimum atomic E-state index is -0.0442. The molecule has 59 heavy (non-hydrogen) atoms. The number of amides is 2. The number of fused-ring (bicyclic) bond motifs is 6. The molecule has 0 spiro atoms. The van der Waals surface area contributed by atoms with E-state index in [4.69, 9.17) is 46.4 Å². The van der Waals surface area contributed by atoms with Gasteiger partial charge in [0.1, 0.15) is 0 Å². The Bertz CT molecular complexity index is 2610. The first-order valence-electron chi connectivity index (χ1n) is 19.8. The molecular weight excluding hydrogens is 842 g/mol. The van der Waals surface area contributed by atoms with Gasteiger partial charge in [0.25, 0.3) is 0 Å². The molecule has 0 saturated carbocycles. The van der Waals surface area contributed by atoms with Crippen LogP contribution < -0.4 is 10.6 Å². The molecule has 10 rings (SSSR count). The van der Waals surface area contributed by atoms with E-state index in [0.717, 1.165) is 70.0 Å². The van der Waals surface area contributed by atoms with Gasteiger partial charge in [0, 0.05) is 132 Å². The fourth-order valence-corrected chi connectivity index (χ4v) is 11.5. The van der Waals surface area contributed by atoms with Crippen molar-refractivity contribution in [3.05, 3.63) is 116 Å². The molecule has 2 N–H and O–H groups in total. The predicted octanol–water partition coefficient (Wildman–Crippen LogP) is 9.94. The first-order valence-corrected chi connectivity index (χ1v) is 22.1. The number of benzene rings is 4. The van der Waals surface area contributed by atoms with Gasteiger partial charge in [0.2, 0.25) is 11.8 Å². The summed E-state index contributed by atoms with van der Waals surface area (Å²) in [4.78, 5) is 32.2. The van der Waals surface area contributed by atoms with E-state index >= 15 is 0 Å². The Morgan fingerprint density at radius 1 is 0.627 bits per heavy atom. The van der Waals surface area contributed by atoms with Gasteiger partial charge in [0.15, 0.2) is 0 Å². The van der Waals surface area contributed by atoms with E-state index in [2.05, 4.69) is 68.3 Å². The number of nitrogens with zero attached hydrogens (tertiary/aromatic N) is 4. The summed E-state index contributed by atoms with van der Waals surface area (Å²) in [6.45, 7) is 3.02. The van der Waals surface area contributed by atoms with Crippen LogP contribution in [-0.4, -0.2) is 81.1 Å². The largest absolute Gasteiger partial charge is 0.351 e. The number of carbonyl (C=O) groups excluding carboxylic acids is 2. The number of carbonyl (C=O) groups is 2. The second-order valence-electron chi connectivity index (χ2n) is 16.1. The molecule has 4 atom stereocenters. The molecule has 6 aromatic rings. The van der Waals surface area contributed by atoms with Gasteiger partial charge in [-0.25, -0.2) is 0 Å². The summed E-state index contributed by atoms with van der Waals surface area (Å²) in [5.41, 5.74) is 6.99. The molecule has 0 radical (unpaired) electrons. The van der Waals surface area contributed by atoms with Crippen molar-refractivity contribution in [1.82, 2.24) is 29.6 Å². The van der Waals surface area contributed by atoms with Crippen molar-refractivity contribution in [1.29, 1.82) is 0 Å². The molecule has 2 amide bonds. The zero-order chi connectivity index (χ0) is 40.7. The SMILES string of the molecule is Cn1ccc2cc(-c3cc(Sc4cc(-c5ccc6c(ccn6C)c5)c(/C=C/C(=O)N5C[C@@H]6C[C@H]5CN6)c(Cl)c4Cl)c(Cl)c(Cl)c3/C=C/C(=O)N3C[C@@H]4C[C@H]3CN4)ccc21. The fourth-order valence-electron chi connectivity index (χ4n) is 9.36. The van der Waals surface area contributed by atoms with Gasteiger partial charge in [-0.3, -0.25) is 9.59 Å². The summed E-state index contributed by atoms with van der Waals surface area (Å²) in [6, 6.07) is 21.8. The number of nitrogens with one attached hydrogen (secondary N) is 2. The molecule has 0 aliphatic carbocycles. The molecule has 0 unspecified atom stereocenters. The van der Waals surface area contributed by atoms with Crippen LogP contribution in [-0.2, 0) is 23.7 Å². The number of piperazine rings is 2. The maximum atomic E-state index is 13.5. The summed E-state index contributed by atoms with van der Waals surface area (Å²) in [7, 11) is 4.04. The van der Waals surface area contributed by atoms with E-state index in [0.29, 0.717) is 66.2 Å². The molecular formula is C46H40Cl4N6O2S. The lowest BCUT2D eigenvalue weighted by molar-refractivity contribution is -0.128. The van der Waals surface area contributed by atoms with Crippen LogP contribution in [0.1, 0.15) is 24.0 Å². The third-order valence-corrected chi connectivity index (χ3v) is 15.6. The van der Waals surface area contributed by atoms with Gasteiger partial charge >= 0.3 is 0 Å². The summed E-state index contributed by atoms with van der Waals surface area (Å²) in [5, 5.41) is 10.4. The lowest BCUT2D eigenvalue weighted by Gasteiger charge is -2.26. The van der Waals surface area contributed by atoms with Crippen LogP contribution in [0.4, 0.5) is 0 Å². The standard InChI is InChI=1S/C46H40Cl4N6O2S/c1-53-13-11-27-15-25(3-7-37(27)53)35-19-39(45(49)43(47)33(35)5-9-41(57)55-23-29-17-31(55)21-51-29)59-40-20-36(26-4-8-38-28(16-26)12-14-54(38)2)34(44(48)46(40)50)6-10-42(58)56-24-30-18-32(56)22-52-30/h3-16,19-20,29-32,51-52H,17-18,21-24H2,1-2H3/b9-5+,10-6+/t29-,30-,31-,32-/m0/s1. The van der Waals surface area contributed by atoms with Gasteiger partial charge in [-0.15, -0.1) is 0 Å². The molecule has 2 aromatic heterocycles. The zero-order valence-electron chi connectivity index (χ0n) is 32.3. The van der Waals surface area contributed by atoms with Crippen molar-refractivity contribution in [2.24, 2.45) is 14.1 Å². The number of hydrogen-bond acceptors (Lipinski definition) is 5. The van der Waals surface area contributed by atoms with Crippen LogP contribution in [0, 0.1) is 0 Å². The molecule has 4 aliphatic rings. The number of hydrogen-bond donors (Lipinski definition) is 2. The van der Waals surface area contributed by atoms with Gasteiger partial charge in [-0.2, -0.15) is 0 Å². The van der Waals surface area contributed by atoms with E-state index in [9.17, 15) is 9.59 Å². The second kappa shape index (κ2) is 15.4. The van der Waals surface area contributed by atoms with Gasteiger partial charge in [-0.05, 0) is 95.8 Å². The Labute approximate surface area is 366 Å². The van der Waals surface area contributed by atoms with Crippen LogP contribution in [0.3, 0.4) is 0 Å². The molecule has 8 nitrogen and oxygen atoms in total. The molecule has 13 heteroatoms. The van der Waals surface area contributed by atoms with E-state index in [-0.39, 0.29) is 23.9 Å². The first-order chi connectivity index (χ1) is 28.5. The fraction of sp³-hybridized carbons (Fsp3) is 0.261. The Hall–Kier alpha value is -4.19. The molecule has 6 heterocycles. The quantitative estimate of drug-likeness (QED) is 0.149. The van der Waals surface area contributed by atoms with Crippen molar-refractivity contribution < 1.29 is 9.59 Å². The monoisotopic (exact) mass is 880 g/mol. The van der Waals surface area contributed by atoms with Crippen molar-refractivity contribution in [2.45, 2.75) is 46.8 Å². The summed E-state index contributed by atoms with van der Waals surface area (Å²) in [5.74, 6) is -0.0884. The summed E-state index contributed by atoms with van der Waals surface area (Å²) < 4.78 is 4.16.